The van der Waals surface area contributed by atoms with Gasteiger partial charge in [0.05, 0.1) is 18.4 Å². The van der Waals surface area contributed by atoms with Crippen LogP contribution >= 0.6 is 0 Å². The van der Waals surface area contributed by atoms with Crippen molar-refractivity contribution in [3.63, 3.8) is 0 Å². The van der Waals surface area contributed by atoms with Crippen LogP contribution in [0, 0.1) is 19.7 Å². The molecule has 7 nitrogen and oxygen atoms in total. The number of aromatic nitrogens is 3. The molecule has 0 aliphatic heterocycles. The Morgan fingerprint density at radius 1 is 1.23 bits per heavy atom. The van der Waals surface area contributed by atoms with Crippen molar-refractivity contribution in [1.82, 2.24) is 25.4 Å². The molecule has 0 saturated carbocycles. The molecule has 30 heavy (non-hydrogen) atoms. The minimum Gasteiger partial charge on any atom is -0.453 e. The number of aliphatic imine (C=N–C) groups is 1. The van der Waals surface area contributed by atoms with E-state index in [9.17, 15) is 4.39 Å². The number of hydrogen-bond donors (Lipinski definition) is 2. The molecule has 1 aromatic carbocycles. The van der Waals surface area contributed by atoms with Gasteiger partial charge in [-0.1, -0.05) is 6.07 Å². The lowest BCUT2D eigenvalue weighted by Crippen LogP contribution is -2.37. The Kier molecular flexibility index (Phi) is 7.00. The van der Waals surface area contributed by atoms with Gasteiger partial charge in [0.2, 0.25) is 0 Å². The number of halogens is 1. The van der Waals surface area contributed by atoms with E-state index >= 15 is 0 Å². The van der Waals surface area contributed by atoms with Crippen LogP contribution in [0.25, 0.3) is 0 Å². The van der Waals surface area contributed by atoms with Gasteiger partial charge in [-0.3, -0.25) is 9.67 Å². The first-order valence-electron chi connectivity index (χ1n) is 9.85. The van der Waals surface area contributed by atoms with Crippen LogP contribution in [0.1, 0.15) is 29.4 Å². The van der Waals surface area contributed by atoms with Crippen LogP contribution in [0.4, 0.5) is 4.39 Å². The molecule has 0 fully saturated rings. The van der Waals surface area contributed by atoms with Gasteiger partial charge < -0.3 is 15.4 Å². The molecule has 0 amide bonds. The summed E-state index contributed by atoms with van der Waals surface area (Å²) >= 11 is 0. The van der Waals surface area contributed by atoms with Crippen LogP contribution in [-0.4, -0.2) is 27.3 Å². The van der Waals surface area contributed by atoms with Crippen molar-refractivity contribution in [3.8, 4) is 11.5 Å². The maximum Gasteiger partial charge on any atom is 0.191 e. The highest BCUT2D eigenvalue weighted by atomic mass is 19.1. The van der Waals surface area contributed by atoms with Crippen molar-refractivity contribution in [2.75, 3.05) is 6.54 Å². The predicted molar refractivity (Wildman–Crippen MR) is 115 cm³/mol. The van der Waals surface area contributed by atoms with E-state index in [2.05, 4.69) is 25.7 Å². The van der Waals surface area contributed by atoms with Crippen LogP contribution in [-0.2, 0) is 20.1 Å². The number of hydrogen-bond acceptors (Lipinski definition) is 4. The number of benzene rings is 1. The monoisotopic (exact) mass is 410 g/mol. The lowest BCUT2D eigenvalue weighted by molar-refractivity contribution is 0.440. The molecule has 0 spiro atoms. The average molecular weight is 410 g/mol. The summed E-state index contributed by atoms with van der Waals surface area (Å²) in [6.07, 6.45) is 3.18. The predicted octanol–water partition coefficient (Wildman–Crippen LogP) is 3.62. The number of guanidine groups is 1. The zero-order chi connectivity index (χ0) is 21.5. The molecule has 0 atom stereocenters. The van der Waals surface area contributed by atoms with E-state index in [1.165, 1.54) is 12.3 Å². The van der Waals surface area contributed by atoms with Crippen molar-refractivity contribution >= 4 is 5.96 Å². The fraction of sp³-hybridized carbons (Fsp3) is 0.318. The van der Waals surface area contributed by atoms with Crippen molar-refractivity contribution in [2.45, 2.75) is 33.9 Å². The first-order valence-corrected chi connectivity index (χ1v) is 9.85. The SMILES string of the molecule is CCNC(=NCc1ccc(Oc2cccnc2)c(F)c1)NCc1c(C)nn(C)c1C. The molecule has 2 N–H and O–H groups in total. The third-order valence-corrected chi connectivity index (χ3v) is 4.71. The van der Waals surface area contributed by atoms with Crippen LogP contribution in [0.15, 0.2) is 47.7 Å². The maximum absolute atomic E-state index is 14.4. The molecule has 0 saturated heterocycles. The van der Waals surface area contributed by atoms with Crippen molar-refractivity contribution in [1.29, 1.82) is 0 Å². The molecule has 3 rings (SSSR count). The van der Waals surface area contributed by atoms with E-state index in [0.29, 0.717) is 24.8 Å². The molecule has 0 bridgehead atoms. The standard InChI is InChI=1S/C22H27FN6O/c1-5-25-22(27-14-19-15(2)28-29(4)16(19)3)26-12-17-8-9-21(20(23)11-17)30-18-7-6-10-24-13-18/h6-11,13H,5,12,14H2,1-4H3,(H2,25,26,27). The number of aryl methyl sites for hydroxylation is 2. The summed E-state index contributed by atoms with van der Waals surface area (Å²) in [5.41, 5.74) is 4.00. The molecule has 2 aromatic heterocycles. The third-order valence-electron chi connectivity index (χ3n) is 4.71. The molecule has 0 radical (unpaired) electrons. The second-order valence-electron chi connectivity index (χ2n) is 6.88. The van der Waals surface area contributed by atoms with Crippen LogP contribution in [0.5, 0.6) is 11.5 Å². The summed E-state index contributed by atoms with van der Waals surface area (Å²) in [7, 11) is 1.93. The lowest BCUT2D eigenvalue weighted by Gasteiger charge is -2.12. The Hall–Kier alpha value is -3.42. The summed E-state index contributed by atoms with van der Waals surface area (Å²) in [6.45, 7) is 7.71. The zero-order valence-electron chi connectivity index (χ0n) is 17.7. The van der Waals surface area contributed by atoms with Crippen LogP contribution in [0.3, 0.4) is 0 Å². The van der Waals surface area contributed by atoms with Gasteiger partial charge in [0.15, 0.2) is 17.5 Å². The second-order valence-corrected chi connectivity index (χ2v) is 6.88. The number of pyridine rings is 1. The number of nitrogens with one attached hydrogen (secondary N) is 2. The summed E-state index contributed by atoms with van der Waals surface area (Å²) in [5, 5.41) is 11.0. The van der Waals surface area contributed by atoms with Gasteiger partial charge in [-0.25, -0.2) is 9.38 Å². The Labute approximate surface area is 176 Å². The first-order chi connectivity index (χ1) is 14.5. The highest BCUT2D eigenvalue weighted by Crippen LogP contribution is 2.24. The molecule has 0 aliphatic rings. The van der Waals surface area contributed by atoms with Gasteiger partial charge >= 0.3 is 0 Å². The van der Waals surface area contributed by atoms with Crippen molar-refractivity contribution in [3.05, 3.63) is 71.1 Å². The zero-order valence-corrected chi connectivity index (χ0v) is 17.7. The summed E-state index contributed by atoms with van der Waals surface area (Å²) in [6, 6.07) is 8.31. The molecular weight excluding hydrogens is 383 g/mol. The third kappa shape index (κ3) is 5.34. The molecule has 0 aliphatic carbocycles. The molecule has 8 heteroatoms. The average Bonchev–Trinajstić information content (AvgIpc) is 2.98. The van der Waals surface area contributed by atoms with Crippen molar-refractivity contribution in [2.24, 2.45) is 12.0 Å². The smallest absolute Gasteiger partial charge is 0.191 e. The molecule has 0 unspecified atom stereocenters. The van der Waals surface area contributed by atoms with E-state index < -0.39 is 5.82 Å². The fourth-order valence-electron chi connectivity index (χ4n) is 3.02. The number of rotatable bonds is 7. The van der Waals surface area contributed by atoms with Gasteiger partial charge in [0.1, 0.15) is 5.75 Å². The lowest BCUT2D eigenvalue weighted by atomic mass is 10.2. The fourth-order valence-corrected chi connectivity index (χ4v) is 3.02. The quantitative estimate of drug-likeness (QED) is 0.460. The Bertz CT molecular complexity index is 1020. The summed E-state index contributed by atoms with van der Waals surface area (Å²) in [5.74, 6) is 0.868. The van der Waals surface area contributed by atoms with E-state index in [4.69, 9.17) is 4.74 Å². The van der Waals surface area contributed by atoms with E-state index in [0.717, 1.165) is 29.1 Å². The number of nitrogens with zero attached hydrogens (tertiary/aromatic N) is 4. The highest BCUT2D eigenvalue weighted by Gasteiger charge is 2.10. The Morgan fingerprint density at radius 2 is 2.07 bits per heavy atom. The molecule has 2 heterocycles. The topological polar surface area (TPSA) is 76.4 Å². The van der Waals surface area contributed by atoms with Gasteiger partial charge in [-0.2, -0.15) is 5.10 Å². The minimum absolute atomic E-state index is 0.156. The first kappa shape index (κ1) is 21.3. The highest BCUT2D eigenvalue weighted by molar-refractivity contribution is 5.79. The summed E-state index contributed by atoms with van der Waals surface area (Å²) in [4.78, 5) is 8.53. The van der Waals surface area contributed by atoms with Gasteiger partial charge in [-0.15, -0.1) is 0 Å². The Morgan fingerprint density at radius 3 is 2.70 bits per heavy atom. The molecular formula is C22H27FN6O. The molecule has 3 aromatic rings. The van der Waals surface area contributed by atoms with E-state index in [1.807, 2.05) is 32.5 Å². The van der Waals surface area contributed by atoms with Gasteiger partial charge in [-0.05, 0) is 50.6 Å². The van der Waals surface area contributed by atoms with Crippen LogP contribution < -0.4 is 15.4 Å². The van der Waals surface area contributed by atoms with Gasteiger partial charge in [0, 0.05) is 37.6 Å². The maximum atomic E-state index is 14.4. The van der Waals surface area contributed by atoms with Crippen molar-refractivity contribution < 1.29 is 9.13 Å². The van der Waals surface area contributed by atoms with E-state index in [-0.39, 0.29) is 5.75 Å². The Balaban J connectivity index is 1.66. The largest absolute Gasteiger partial charge is 0.453 e. The second kappa shape index (κ2) is 9.87. The normalized spacial score (nSPS) is 11.4. The number of ether oxygens (including phenoxy) is 1. The van der Waals surface area contributed by atoms with Gasteiger partial charge in [0.25, 0.3) is 0 Å². The van der Waals surface area contributed by atoms with Crippen LogP contribution in [0.2, 0.25) is 0 Å². The minimum atomic E-state index is -0.439. The summed E-state index contributed by atoms with van der Waals surface area (Å²) < 4.78 is 21.8. The van der Waals surface area contributed by atoms with E-state index in [1.54, 1.807) is 30.5 Å². The molecule has 158 valence electrons.